The number of ether oxygens (including phenoxy) is 1. The van der Waals surface area contributed by atoms with E-state index in [1.165, 1.54) is 0 Å². The van der Waals surface area contributed by atoms with Crippen LogP contribution in [0, 0.1) is 0 Å². The standard InChI is InChI=1S/C10H13F4N3O2/c11-9(12)10(13,14)5-18-4-7-16-8(19-17-7)6-2-1-3-15-6/h6,9,15H,1-5H2/t6-/m0/s1. The SMILES string of the molecule is FC(F)C(F)(F)COCc1noc([C@@H]2CCCN2)n1. The first-order chi connectivity index (χ1) is 8.99. The van der Waals surface area contributed by atoms with Crippen LogP contribution in [0.4, 0.5) is 17.6 Å². The molecule has 5 nitrogen and oxygen atoms in total. The molecule has 1 N–H and O–H groups in total. The van der Waals surface area contributed by atoms with Crippen molar-refractivity contribution in [1.29, 1.82) is 0 Å². The molecule has 1 aliphatic rings. The third kappa shape index (κ3) is 3.63. The molecule has 1 aliphatic heterocycles. The summed E-state index contributed by atoms with van der Waals surface area (Å²) >= 11 is 0. The molecule has 19 heavy (non-hydrogen) atoms. The van der Waals surface area contributed by atoms with Crippen LogP contribution in [-0.4, -0.2) is 35.6 Å². The summed E-state index contributed by atoms with van der Waals surface area (Å²) in [4.78, 5) is 3.96. The summed E-state index contributed by atoms with van der Waals surface area (Å²) in [6.45, 7) is -0.922. The summed E-state index contributed by atoms with van der Waals surface area (Å²) in [6, 6.07) is -0.0382. The zero-order chi connectivity index (χ0) is 13.9. The summed E-state index contributed by atoms with van der Waals surface area (Å²) < 4.78 is 58.2. The molecule has 0 aliphatic carbocycles. The Kier molecular flexibility index (Phi) is 4.35. The summed E-state index contributed by atoms with van der Waals surface area (Å²) in [7, 11) is 0. The van der Waals surface area contributed by atoms with E-state index in [0.29, 0.717) is 5.89 Å². The Balaban J connectivity index is 1.80. The first-order valence-electron chi connectivity index (χ1n) is 5.78. The molecule has 1 saturated heterocycles. The Morgan fingerprint density at radius 1 is 1.47 bits per heavy atom. The van der Waals surface area contributed by atoms with Crippen molar-refractivity contribution >= 4 is 0 Å². The minimum absolute atomic E-state index is 0.0382. The van der Waals surface area contributed by atoms with Gasteiger partial charge in [-0.1, -0.05) is 5.16 Å². The third-order valence-corrected chi connectivity index (χ3v) is 2.69. The maximum Gasteiger partial charge on any atom is 0.330 e. The summed E-state index contributed by atoms with van der Waals surface area (Å²) in [5, 5.41) is 6.67. The lowest BCUT2D eigenvalue weighted by molar-refractivity contribution is -0.168. The van der Waals surface area contributed by atoms with Gasteiger partial charge in [0, 0.05) is 0 Å². The monoisotopic (exact) mass is 283 g/mol. The Hall–Kier alpha value is -1.22. The molecule has 0 amide bonds. The van der Waals surface area contributed by atoms with Gasteiger partial charge in [-0.3, -0.25) is 0 Å². The number of hydrogen-bond donors (Lipinski definition) is 1. The number of hydrogen-bond acceptors (Lipinski definition) is 5. The van der Waals surface area contributed by atoms with Gasteiger partial charge in [0.1, 0.15) is 13.2 Å². The van der Waals surface area contributed by atoms with Gasteiger partial charge in [0.05, 0.1) is 6.04 Å². The maximum absolute atomic E-state index is 12.6. The highest BCUT2D eigenvalue weighted by atomic mass is 19.3. The molecule has 0 radical (unpaired) electrons. The van der Waals surface area contributed by atoms with Crippen LogP contribution in [0.1, 0.15) is 30.6 Å². The Morgan fingerprint density at radius 3 is 2.89 bits per heavy atom. The van der Waals surface area contributed by atoms with Crippen LogP contribution in [0.25, 0.3) is 0 Å². The van der Waals surface area contributed by atoms with Crippen molar-refractivity contribution in [1.82, 2.24) is 15.5 Å². The smallest absolute Gasteiger partial charge is 0.330 e. The fourth-order valence-electron chi connectivity index (χ4n) is 1.70. The maximum atomic E-state index is 12.6. The quantitative estimate of drug-likeness (QED) is 0.808. The van der Waals surface area contributed by atoms with Crippen LogP contribution in [0.15, 0.2) is 4.52 Å². The molecule has 1 aromatic rings. The predicted molar refractivity (Wildman–Crippen MR) is 54.9 cm³/mol. The number of nitrogens with one attached hydrogen (secondary N) is 1. The molecule has 1 aromatic heterocycles. The average molecular weight is 283 g/mol. The molecule has 0 saturated carbocycles. The molecule has 0 spiro atoms. The molecule has 1 fully saturated rings. The molecule has 2 rings (SSSR count). The minimum atomic E-state index is -4.17. The van der Waals surface area contributed by atoms with Crippen LogP contribution in [-0.2, 0) is 11.3 Å². The first-order valence-corrected chi connectivity index (χ1v) is 5.78. The normalized spacial score (nSPS) is 20.4. The van der Waals surface area contributed by atoms with Crippen molar-refractivity contribution < 1.29 is 26.8 Å². The van der Waals surface area contributed by atoms with Crippen LogP contribution < -0.4 is 5.32 Å². The Bertz CT molecular complexity index is 407. The number of halogens is 4. The van der Waals surface area contributed by atoms with Crippen molar-refractivity contribution in [3.63, 3.8) is 0 Å². The number of nitrogens with zero attached hydrogens (tertiary/aromatic N) is 2. The highest BCUT2D eigenvalue weighted by Crippen LogP contribution is 2.24. The van der Waals surface area contributed by atoms with E-state index in [-0.39, 0.29) is 11.9 Å². The van der Waals surface area contributed by atoms with Crippen LogP contribution in [0.2, 0.25) is 0 Å². The van der Waals surface area contributed by atoms with E-state index >= 15 is 0 Å². The largest absolute Gasteiger partial charge is 0.367 e. The van der Waals surface area contributed by atoms with E-state index in [9.17, 15) is 17.6 Å². The van der Waals surface area contributed by atoms with Crippen LogP contribution in [0.3, 0.4) is 0 Å². The molecule has 9 heteroatoms. The second-order valence-electron chi connectivity index (χ2n) is 4.25. The number of alkyl halides is 4. The fourth-order valence-corrected chi connectivity index (χ4v) is 1.70. The lowest BCUT2D eigenvalue weighted by Crippen LogP contribution is -2.32. The van der Waals surface area contributed by atoms with Gasteiger partial charge in [0.15, 0.2) is 5.82 Å². The van der Waals surface area contributed by atoms with Gasteiger partial charge in [0.2, 0.25) is 5.89 Å². The summed E-state index contributed by atoms with van der Waals surface area (Å²) in [5.74, 6) is -3.75. The topological polar surface area (TPSA) is 60.2 Å². The third-order valence-electron chi connectivity index (χ3n) is 2.69. The van der Waals surface area contributed by atoms with E-state index in [2.05, 4.69) is 20.2 Å². The molecule has 0 aromatic carbocycles. The minimum Gasteiger partial charge on any atom is -0.367 e. The van der Waals surface area contributed by atoms with E-state index in [1.54, 1.807) is 0 Å². The van der Waals surface area contributed by atoms with Gasteiger partial charge in [-0.2, -0.15) is 13.8 Å². The summed E-state index contributed by atoms with van der Waals surface area (Å²) in [6.07, 6.45) is -1.91. The van der Waals surface area contributed by atoms with Crippen molar-refractivity contribution in [2.45, 2.75) is 37.8 Å². The second kappa shape index (κ2) is 5.83. The van der Waals surface area contributed by atoms with Crippen molar-refractivity contribution in [3.8, 4) is 0 Å². The van der Waals surface area contributed by atoms with Crippen molar-refractivity contribution in [3.05, 3.63) is 11.7 Å². The Labute approximate surface area is 106 Å². The van der Waals surface area contributed by atoms with E-state index in [0.717, 1.165) is 19.4 Å². The van der Waals surface area contributed by atoms with E-state index in [1.807, 2.05) is 0 Å². The van der Waals surface area contributed by atoms with Crippen LogP contribution >= 0.6 is 0 Å². The number of aromatic nitrogens is 2. The van der Waals surface area contributed by atoms with Gasteiger partial charge < -0.3 is 14.6 Å². The molecule has 0 unspecified atom stereocenters. The lowest BCUT2D eigenvalue weighted by atomic mass is 10.2. The molecule has 0 bridgehead atoms. The van der Waals surface area contributed by atoms with Crippen molar-refractivity contribution in [2.24, 2.45) is 0 Å². The van der Waals surface area contributed by atoms with Gasteiger partial charge in [-0.05, 0) is 19.4 Å². The predicted octanol–water partition coefficient (Wildman–Crippen LogP) is 1.91. The van der Waals surface area contributed by atoms with Crippen molar-refractivity contribution in [2.75, 3.05) is 13.2 Å². The molecule has 108 valence electrons. The molecule has 1 atom stereocenters. The summed E-state index contributed by atoms with van der Waals surface area (Å²) in [5.41, 5.74) is 0. The van der Waals surface area contributed by atoms with Gasteiger partial charge in [-0.25, -0.2) is 8.78 Å². The Morgan fingerprint density at radius 2 is 2.26 bits per heavy atom. The number of rotatable bonds is 6. The molecular formula is C10H13F4N3O2. The van der Waals surface area contributed by atoms with Gasteiger partial charge >= 0.3 is 12.3 Å². The van der Waals surface area contributed by atoms with E-state index < -0.39 is 25.6 Å². The lowest BCUT2D eigenvalue weighted by Gasteiger charge is -2.14. The molecular weight excluding hydrogens is 270 g/mol. The van der Waals surface area contributed by atoms with Gasteiger partial charge in [-0.15, -0.1) is 0 Å². The fraction of sp³-hybridized carbons (Fsp3) is 0.800. The zero-order valence-electron chi connectivity index (χ0n) is 9.91. The zero-order valence-corrected chi connectivity index (χ0v) is 9.91. The van der Waals surface area contributed by atoms with E-state index in [4.69, 9.17) is 4.52 Å². The van der Waals surface area contributed by atoms with Gasteiger partial charge in [0.25, 0.3) is 0 Å². The first kappa shape index (κ1) is 14.2. The average Bonchev–Trinajstić information content (AvgIpc) is 2.98. The molecule has 2 heterocycles. The second-order valence-corrected chi connectivity index (χ2v) is 4.25. The highest BCUT2D eigenvalue weighted by Gasteiger charge is 2.41. The highest BCUT2D eigenvalue weighted by molar-refractivity contribution is 4.94. The van der Waals surface area contributed by atoms with Crippen LogP contribution in [0.5, 0.6) is 0 Å².